The number of hydrogen-bond acceptors (Lipinski definition) is 3. The average Bonchev–Trinajstić information content (AvgIpc) is 2.47. The van der Waals surface area contributed by atoms with Crippen LogP contribution in [0.5, 0.6) is 0 Å². The molecule has 0 bridgehead atoms. The van der Waals surface area contributed by atoms with Crippen LogP contribution in [0.1, 0.15) is 6.42 Å². The molecule has 1 saturated heterocycles. The molecule has 0 aromatic heterocycles. The molecular weight excluding hydrogens is 156 g/mol. The van der Waals surface area contributed by atoms with Gasteiger partial charge in [-0.05, 0) is 7.05 Å². The summed E-state index contributed by atoms with van der Waals surface area (Å²) in [5.41, 5.74) is 3.43. The van der Waals surface area contributed by atoms with E-state index in [-0.39, 0.29) is 6.03 Å². The molecule has 0 aromatic carbocycles. The second-order valence-corrected chi connectivity index (χ2v) is 2.86. The molecular formula is C7H14N4O. The number of nitrogens with one attached hydrogen (secondary N) is 2. The third-order valence-corrected chi connectivity index (χ3v) is 1.78. The Kier molecular flexibility index (Phi) is 3.04. The van der Waals surface area contributed by atoms with Crippen molar-refractivity contribution in [2.75, 3.05) is 27.2 Å². The molecule has 0 aliphatic carbocycles. The fourth-order valence-corrected chi connectivity index (χ4v) is 1.07. The number of amides is 2. The standard InChI is InChI=1S/C7H14N4O/c1-8-7(12)10-9-6-3-4-11(2)5-6/h3-5H2,1-2H3,(H2,8,10,12)/b9-6-. The Balaban J connectivity index is 2.33. The molecule has 5 nitrogen and oxygen atoms in total. The van der Waals surface area contributed by atoms with Gasteiger partial charge in [0.05, 0.1) is 5.71 Å². The molecule has 0 spiro atoms. The Hall–Kier alpha value is -1.10. The molecule has 2 N–H and O–H groups in total. The highest BCUT2D eigenvalue weighted by Crippen LogP contribution is 2.01. The van der Waals surface area contributed by atoms with Crippen molar-refractivity contribution in [3.05, 3.63) is 0 Å². The number of hydrogen-bond donors (Lipinski definition) is 2. The van der Waals surface area contributed by atoms with E-state index in [1.807, 2.05) is 7.05 Å². The maximum atomic E-state index is 10.7. The summed E-state index contributed by atoms with van der Waals surface area (Å²) in [6.45, 7) is 1.87. The molecule has 0 saturated carbocycles. The van der Waals surface area contributed by atoms with Crippen LogP contribution >= 0.6 is 0 Å². The highest BCUT2D eigenvalue weighted by atomic mass is 16.2. The van der Waals surface area contributed by atoms with Crippen LogP contribution in [0.15, 0.2) is 5.10 Å². The molecule has 1 rings (SSSR count). The van der Waals surface area contributed by atoms with Crippen LogP contribution in [0.25, 0.3) is 0 Å². The van der Waals surface area contributed by atoms with Crippen LogP contribution in [0.4, 0.5) is 4.79 Å². The van der Waals surface area contributed by atoms with Crippen LogP contribution in [-0.4, -0.2) is 43.8 Å². The summed E-state index contributed by atoms with van der Waals surface area (Å²) in [6.07, 6.45) is 0.945. The van der Waals surface area contributed by atoms with Crippen LogP contribution in [0.3, 0.4) is 0 Å². The van der Waals surface area contributed by atoms with Crippen molar-refractivity contribution in [3.8, 4) is 0 Å². The first-order valence-electron chi connectivity index (χ1n) is 3.94. The van der Waals surface area contributed by atoms with E-state index in [1.165, 1.54) is 0 Å². The zero-order valence-electron chi connectivity index (χ0n) is 7.42. The van der Waals surface area contributed by atoms with Crippen molar-refractivity contribution in [2.24, 2.45) is 5.10 Å². The van der Waals surface area contributed by atoms with Crippen molar-refractivity contribution in [2.45, 2.75) is 6.42 Å². The summed E-state index contributed by atoms with van der Waals surface area (Å²) in [5, 5.41) is 6.39. The summed E-state index contributed by atoms with van der Waals surface area (Å²) in [5.74, 6) is 0. The van der Waals surface area contributed by atoms with Gasteiger partial charge in [-0.1, -0.05) is 0 Å². The quantitative estimate of drug-likeness (QED) is 0.526. The van der Waals surface area contributed by atoms with Gasteiger partial charge in [0.15, 0.2) is 0 Å². The lowest BCUT2D eigenvalue weighted by atomic mass is 10.3. The molecule has 1 aliphatic rings. The Morgan fingerprint density at radius 3 is 2.92 bits per heavy atom. The number of likely N-dealkylation sites (tertiary alicyclic amines) is 1. The van der Waals surface area contributed by atoms with Gasteiger partial charge in [-0.15, -0.1) is 0 Å². The van der Waals surface area contributed by atoms with Crippen LogP contribution < -0.4 is 10.7 Å². The first kappa shape index (κ1) is 8.99. The first-order chi connectivity index (χ1) is 5.72. The molecule has 0 atom stereocenters. The second-order valence-electron chi connectivity index (χ2n) is 2.86. The number of carbonyl (C=O) groups excluding carboxylic acids is 1. The Morgan fingerprint density at radius 2 is 2.42 bits per heavy atom. The Labute approximate surface area is 71.8 Å². The minimum atomic E-state index is -0.267. The van der Waals surface area contributed by atoms with Crippen molar-refractivity contribution < 1.29 is 4.79 Å². The summed E-state index contributed by atoms with van der Waals surface area (Å²) in [6, 6.07) is -0.267. The molecule has 0 radical (unpaired) electrons. The third kappa shape index (κ3) is 2.50. The van der Waals surface area contributed by atoms with Gasteiger partial charge < -0.3 is 10.2 Å². The summed E-state index contributed by atoms with van der Waals surface area (Å²) < 4.78 is 0. The van der Waals surface area contributed by atoms with Gasteiger partial charge in [0.2, 0.25) is 0 Å². The molecule has 0 unspecified atom stereocenters. The van der Waals surface area contributed by atoms with E-state index in [0.717, 1.165) is 25.2 Å². The number of urea groups is 1. The smallest absolute Gasteiger partial charge is 0.334 e. The van der Waals surface area contributed by atoms with Gasteiger partial charge in [0.1, 0.15) is 0 Å². The van der Waals surface area contributed by atoms with Crippen molar-refractivity contribution in [1.29, 1.82) is 0 Å². The zero-order chi connectivity index (χ0) is 8.97. The number of carbonyl (C=O) groups is 1. The van der Waals surface area contributed by atoms with Crippen molar-refractivity contribution in [3.63, 3.8) is 0 Å². The fraction of sp³-hybridized carbons (Fsp3) is 0.714. The van der Waals surface area contributed by atoms with Crippen LogP contribution in [-0.2, 0) is 0 Å². The Bertz CT molecular complexity index is 202. The summed E-state index contributed by atoms with van der Waals surface area (Å²) in [4.78, 5) is 12.9. The lowest BCUT2D eigenvalue weighted by Gasteiger charge is -2.02. The highest BCUT2D eigenvalue weighted by molar-refractivity contribution is 5.89. The van der Waals surface area contributed by atoms with E-state index in [0.29, 0.717) is 0 Å². The van der Waals surface area contributed by atoms with Gasteiger partial charge in [-0.3, -0.25) is 0 Å². The van der Waals surface area contributed by atoms with E-state index in [2.05, 4.69) is 20.7 Å². The summed E-state index contributed by atoms with van der Waals surface area (Å²) >= 11 is 0. The van der Waals surface area contributed by atoms with Crippen molar-refractivity contribution >= 4 is 11.7 Å². The largest absolute Gasteiger partial charge is 0.340 e. The van der Waals surface area contributed by atoms with Gasteiger partial charge in [0, 0.05) is 26.6 Å². The van der Waals surface area contributed by atoms with E-state index in [4.69, 9.17) is 0 Å². The third-order valence-electron chi connectivity index (χ3n) is 1.78. The molecule has 5 heteroatoms. The van der Waals surface area contributed by atoms with Gasteiger partial charge in [-0.25, -0.2) is 10.2 Å². The van der Waals surface area contributed by atoms with Gasteiger partial charge in [-0.2, -0.15) is 5.10 Å². The van der Waals surface area contributed by atoms with Crippen molar-refractivity contribution in [1.82, 2.24) is 15.6 Å². The van der Waals surface area contributed by atoms with Crippen LogP contribution in [0, 0.1) is 0 Å². The highest BCUT2D eigenvalue weighted by Gasteiger charge is 2.13. The average molecular weight is 170 g/mol. The molecule has 1 heterocycles. The maximum Gasteiger partial charge on any atom is 0.334 e. The molecule has 68 valence electrons. The zero-order valence-corrected chi connectivity index (χ0v) is 7.42. The predicted molar refractivity (Wildman–Crippen MR) is 47.1 cm³/mol. The molecule has 0 aromatic rings. The molecule has 12 heavy (non-hydrogen) atoms. The first-order valence-corrected chi connectivity index (χ1v) is 3.94. The van der Waals surface area contributed by atoms with E-state index >= 15 is 0 Å². The van der Waals surface area contributed by atoms with Crippen LogP contribution in [0.2, 0.25) is 0 Å². The SMILES string of the molecule is CNC(=O)N/N=C1/CCN(C)C1. The molecule has 1 aliphatic heterocycles. The van der Waals surface area contributed by atoms with Gasteiger partial charge >= 0.3 is 6.03 Å². The Morgan fingerprint density at radius 1 is 1.67 bits per heavy atom. The second kappa shape index (κ2) is 4.06. The lowest BCUT2D eigenvalue weighted by Crippen LogP contribution is -2.30. The van der Waals surface area contributed by atoms with E-state index < -0.39 is 0 Å². The molecule has 1 fully saturated rings. The topological polar surface area (TPSA) is 56.7 Å². The van der Waals surface area contributed by atoms with E-state index in [1.54, 1.807) is 7.05 Å². The lowest BCUT2D eigenvalue weighted by molar-refractivity contribution is 0.243. The maximum absolute atomic E-state index is 10.7. The fourth-order valence-electron chi connectivity index (χ4n) is 1.07. The predicted octanol–water partition coefficient (Wildman–Crippen LogP) is -0.393. The van der Waals surface area contributed by atoms with Gasteiger partial charge in [0.25, 0.3) is 0 Å². The monoisotopic (exact) mass is 170 g/mol. The minimum absolute atomic E-state index is 0.267. The number of hydrazone groups is 1. The molecule has 2 amide bonds. The number of rotatable bonds is 1. The minimum Gasteiger partial charge on any atom is -0.340 e. The summed E-state index contributed by atoms with van der Waals surface area (Å²) in [7, 11) is 3.60. The van der Waals surface area contributed by atoms with E-state index in [9.17, 15) is 4.79 Å². The number of nitrogens with zero attached hydrogens (tertiary/aromatic N) is 2. The normalized spacial score (nSPS) is 21.3.